The molecule has 0 radical (unpaired) electrons. The van der Waals surface area contributed by atoms with Crippen molar-refractivity contribution in [3.63, 3.8) is 0 Å². The van der Waals surface area contributed by atoms with E-state index in [1.807, 2.05) is 19.1 Å². The number of carbonyl (C=O) groups excluding carboxylic acids is 1. The van der Waals surface area contributed by atoms with E-state index >= 15 is 0 Å². The summed E-state index contributed by atoms with van der Waals surface area (Å²) < 4.78 is 10.5. The number of aromatic amines is 1. The predicted octanol–water partition coefficient (Wildman–Crippen LogP) is 2.46. The second-order valence-electron chi connectivity index (χ2n) is 5.69. The maximum absolute atomic E-state index is 12.1. The Hall–Kier alpha value is -2.83. The molecule has 1 heterocycles. The molecule has 7 heteroatoms. The molecule has 0 unspecified atom stereocenters. The molecule has 0 bridgehead atoms. The molecule has 1 amide bonds. The molecule has 0 spiro atoms. The van der Waals surface area contributed by atoms with Crippen LogP contribution >= 0.6 is 0 Å². The number of nitrogens with zero attached hydrogens (tertiary/aromatic N) is 2. The van der Waals surface area contributed by atoms with Crippen molar-refractivity contribution in [2.45, 2.75) is 25.7 Å². The molecule has 126 valence electrons. The van der Waals surface area contributed by atoms with E-state index in [4.69, 9.17) is 9.47 Å². The van der Waals surface area contributed by atoms with Crippen molar-refractivity contribution in [2.24, 2.45) is 5.10 Å². The first kappa shape index (κ1) is 16.0. The van der Waals surface area contributed by atoms with Crippen molar-refractivity contribution >= 4 is 11.6 Å². The van der Waals surface area contributed by atoms with E-state index in [2.05, 4.69) is 20.7 Å². The van der Waals surface area contributed by atoms with Crippen molar-refractivity contribution in [3.8, 4) is 11.5 Å². The van der Waals surface area contributed by atoms with Crippen LogP contribution in [0, 0.1) is 0 Å². The van der Waals surface area contributed by atoms with Crippen LogP contribution in [0.1, 0.15) is 47.4 Å². The number of benzene rings is 1. The highest BCUT2D eigenvalue weighted by Crippen LogP contribution is 2.38. The summed E-state index contributed by atoms with van der Waals surface area (Å²) in [5, 5.41) is 11.1. The molecule has 1 aromatic heterocycles. The Labute approximate surface area is 140 Å². The zero-order valence-corrected chi connectivity index (χ0v) is 13.9. The second-order valence-corrected chi connectivity index (χ2v) is 5.69. The molecule has 7 nitrogen and oxygen atoms in total. The number of hydrogen-bond acceptors (Lipinski definition) is 5. The summed E-state index contributed by atoms with van der Waals surface area (Å²) in [7, 11) is 3.16. The van der Waals surface area contributed by atoms with Crippen LogP contribution in [-0.4, -0.2) is 36.0 Å². The van der Waals surface area contributed by atoms with Gasteiger partial charge in [0, 0.05) is 17.2 Å². The molecule has 0 atom stereocenters. The van der Waals surface area contributed by atoms with E-state index < -0.39 is 0 Å². The highest BCUT2D eigenvalue weighted by Gasteiger charge is 2.26. The molecule has 1 aromatic carbocycles. The van der Waals surface area contributed by atoms with Crippen molar-refractivity contribution in [1.29, 1.82) is 0 Å². The lowest BCUT2D eigenvalue weighted by Crippen LogP contribution is -2.19. The van der Waals surface area contributed by atoms with E-state index in [-0.39, 0.29) is 5.91 Å². The molecule has 3 rings (SSSR count). The van der Waals surface area contributed by atoms with Crippen LogP contribution in [0.5, 0.6) is 11.5 Å². The number of ether oxygens (including phenoxy) is 2. The molecule has 1 aliphatic carbocycles. The fraction of sp³-hybridized carbons (Fsp3) is 0.353. The van der Waals surface area contributed by atoms with Crippen molar-refractivity contribution in [2.75, 3.05) is 14.2 Å². The molecular weight excluding hydrogens is 308 g/mol. The lowest BCUT2D eigenvalue weighted by atomic mass is 10.1. The minimum Gasteiger partial charge on any atom is -0.493 e. The number of aromatic nitrogens is 2. The number of nitrogens with one attached hydrogen (secondary N) is 2. The van der Waals surface area contributed by atoms with Gasteiger partial charge in [-0.3, -0.25) is 9.89 Å². The molecule has 1 fully saturated rings. The Balaban J connectivity index is 1.69. The zero-order valence-electron chi connectivity index (χ0n) is 13.9. The van der Waals surface area contributed by atoms with Gasteiger partial charge in [-0.25, -0.2) is 5.43 Å². The van der Waals surface area contributed by atoms with Crippen LogP contribution in [0.25, 0.3) is 0 Å². The Kier molecular flexibility index (Phi) is 4.50. The van der Waals surface area contributed by atoms with Crippen molar-refractivity contribution in [3.05, 3.63) is 41.2 Å². The fourth-order valence-electron chi connectivity index (χ4n) is 2.37. The smallest absolute Gasteiger partial charge is 0.291 e. The van der Waals surface area contributed by atoms with Crippen LogP contribution in [0.3, 0.4) is 0 Å². The summed E-state index contributed by atoms with van der Waals surface area (Å²) in [6.45, 7) is 1.81. The first-order valence-corrected chi connectivity index (χ1v) is 7.74. The molecule has 1 aliphatic rings. The first-order chi connectivity index (χ1) is 11.6. The van der Waals surface area contributed by atoms with Gasteiger partial charge in [0.1, 0.15) is 0 Å². The number of amides is 1. The molecule has 2 N–H and O–H groups in total. The highest BCUT2D eigenvalue weighted by atomic mass is 16.5. The summed E-state index contributed by atoms with van der Waals surface area (Å²) in [5.41, 5.74) is 5.38. The Bertz CT molecular complexity index is 778. The molecule has 0 aliphatic heterocycles. The number of carbonyl (C=O) groups is 1. The van der Waals surface area contributed by atoms with Gasteiger partial charge in [0.25, 0.3) is 5.91 Å². The lowest BCUT2D eigenvalue weighted by Gasteiger charge is -2.09. The van der Waals surface area contributed by atoms with Gasteiger partial charge in [0.15, 0.2) is 17.2 Å². The number of hydrazone groups is 1. The van der Waals surface area contributed by atoms with Crippen LogP contribution in [0.15, 0.2) is 29.4 Å². The second kappa shape index (κ2) is 6.74. The lowest BCUT2D eigenvalue weighted by molar-refractivity contribution is 0.0950. The van der Waals surface area contributed by atoms with Crippen molar-refractivity contribution < 1.29 is 14.3 Å². The molecule has 2 aromatic rings. The highest BCUT2D eigenvalue weighted by molar-refractivity contribution is 6.00. The normalized spacial score (nSPS) is 14.4. The van der Waals surface area contributed by atoms with Gasteiger partial charge in [0.05, 0.1) is 19.9 Å². The number of hydrogen-bond donors (Lipinski definition) is 2. The van der Waals surface area contributed by atoms with E-state index in [1.54, 1.807) is 26.4 Å². The van der Waals surface area contributed by atoms with Gasteiger partial charge in [-0.05, 0) is 44.0 Å². The fourth-order valence-corrected chi connectivity index (χ4v) is 2.37. The van der Waals surface area contributed by atoms with Gasteiger partial charge < -0.3 is 9.47 Å². The van der Waals surface area contributed by atoms with Gasteiger partial charge in [-0.1, -0.05) is 0 Å². The van der Waals surface area contributed by atoms with Crippen LogP contribution in [0.4, 0.5) is 0 Å². The summed E-state index contributed by atoms with van der Waals surface area (Å²) in [6.07, 6.45) is 2.31. The number of rotatable bonds is 6. The number of methoxy groups -OCH3 is 2. The maximum Gasteiger partial charge on any atom is 0.291 e. The summed E-state index contributed by atoms with van der Waals surface area (Å²) >= 11 is 0. The average Bonchev–Trinajstić information content (AvgIpc) is 3.35. The van der Waals surface area contributed by atoms with E-state index in [1.165, 1.54) is 0 Å². The third kappa shape index (κ3) is 3.40. The van der Waals surface area contributed by atoms with E-state index in [9.17, 15) is 4.79 Å². The van der Waals surface area contributed by atoms with Gasteiger partial charge in [-0.2, -0.15) is 10.2 Å². The molecular formula is C17H20N4O3. The van der Waals surface area contributed by atoms with E-state index in [0.717, 1.165) is 24.1 Å². The van der Waals surface area contributed by atoms with Crippen LogP contribution < -0.4 is 14.9 Å². The minimum atomic E-state index is -0.335. The third-order valence-electron chi connectivity index (χ3n) is 3.97. The molecule has 0 saturated heterocycles. The first-order valence-electron chi connectivity index (χ1n) is 7.74. The summed E-state index contributed by atoms with van der Waals surface area (Å²) in [6, 6.07) is 7.24. The number of H-pyrrole nitrogens is 1. The quantitative estimate of drug-likeness (QED) is 0.630. The predicted molar refractivity (Wildman–Crippen MR) is 89.8 cm³/mol. The summed E-state index contributed by atoms with van der Waals surface area (Å²) in [4.78, 5) is 12.1. The van der Waals surface area contributed by atoms with Gasteiger partial charge in [0.2, 0.25) is 0 Å². The zero-order chi connectivity index (χ0) is 17.1. The Morgan fingerprint density at radius 3 is 2.67 bits per heavy atom. The molecule has 24 heavy (non-hydrogen) atoms. The monoisotopic (exact) mass is 328 g/mol. The SMILES string of the molecule is COc1ccc(/C(C)=N/NC(=O)c2cc(C3CC3)[nH]n2)cc1OC. The largest absolute Gasteiger partial charge is 0.493 e. The third-order valence-corrected chi connectivity index (χ3v) is 3.97. The average molecular weight is 328 g/mol. The Morgan fingerprint density at radius 1 is 1.25 bits per heavy atom. The molecule has 1 saturated carbocycles. The topological polar surface area (TPSA) is 88.6 Å². The van der Waals surface area contributed by atoms with Crippen LogP contribution in [-0.2, 0) is 0 Å². The summed E-state index contributed by atoms with van der Waals surface area (Å²) in [5.74, 6) is 1.44. The van der Waals surface area contributed by atoms with Crippen LogP contribution in [0.2, 0.25) is 0 Å². The van der Waals surface area contributed by atoms with Gasteiger partial charge >= 0.3 is 0 Å². The minimum absolute atomic E-state index is 0.335. The standard InChI is InChI=1S/C17H20N4O3/c1-10(12-6-7-15(23-2)16(8-12)24-3)18-21-17(22)14-9-13(19-20-14)11-4-5-11/h6-9,11H,4-5H2,1-3H3,(H,19,20)(H,21,22)/b18-10+. The van der Waals surface area contributed by atoms with Gasteiger partial charge in [-0.15, -0.1) is 0 Å². The van der Waals surface area contributed by atoms with Crippen molar-refractivity contribution in [1.82, 2.24) is 15.6 Å². The maximum atomic E-state index is 12.1. The Morgan fingerprint density at radius 2 is 2.00 bits per heavy atom. The van der Waals surface area contributed by atoms with E-state index in [0.29, 0.717) is 28.8 Å².